The van der Waals surface area contributed by atoms with E-state index in [0.29, 0.717) is 47.7 Å². The van der Waals surface area contributed by atoms with Crippen LogP contribution in [0.3, 0.4) is 0 Å². The summed E-state index contributed by atoms with van der Waals surface area (Å²) in [6.07, 6.45) is 0. The highest BCUT2D eigenvalue weighted by atomic mass is 16.5. The summed E-state index contributed by atoms with van der Waals surface area (Å²) in [7, 11) is 2.93. The molecule has 1 aromatic carbocycles. The van der Waals surface area contributed by atoms with Crippen molar-refractivity contribution in [1.29, 1.82) is 0 Å². The van der Waals surface area contributed by atoms with Crippen molar-refractivity contribution < 1.29 is 23.4 Å². The molecule has 0 bridgehead atoms. The fraction of sp³-hybridized carbons (Fsp3) is 0.400. The number of guanidine groups is 1. The number of nitrogens with zero attached hydrogens (tertiary/aromatic N) is 1. The molecule has 0 radical (unpaired) electrons. The second kappa shape index (κ2) is 10.2. The first-order chi connectivity index (χ1) is 13.5. The number of ether oxygens (including phenoxy) is 3. The summed E-state index contributed by atoms with van der Waals surface area (Å²) in [5.74, 6) is 2.53. The van der Waals surface area contributed by atoms with Crippen molar-refractivity contribution in [1.82, 2.24) is 5.32 Å². The molecule has 0 fully saturated rings. The van der Waals surface area contributed by atoms with Gasteiger partial charge >= 0.3 is 5.97 Å². The molecule has 1 heterocycles. The first-order valence-electron chi connectivity index (χ1n) is 9.06. The number of aliphatic imine (C=N–C) groups is 1. The molecule has 8 nitrogen and oxygen atoms in total. The average Bonchev–Trinajstić information content (AvgIpc) is 3.07. The molecule has 0 unspecified atom stereocenters. The first kappa shape index (κ1) is 21.1. The normalized spacial score (nSPS) is 11.1. The third-order valence-corrected chi connectivity index (χ3v) is 3.84. The Bertz CT molecular complexity index is 829. The summed E-state index contributed by atoms with van der Waals surface area (Å²) >= 11 is 0. The number of hydrogen-bond acceptors (Lipinski definition) is 6. The summed E-state index contributed by atoms with van der Waals surface area (Å²) in [5, 5.41) is 6.39. The Balaban J connectivity index is 2.16. The Labute approximate surface area is 164 Å². The molecule has 8 heteroatoms. The molecule has 2 N–H and O–H groups in total. The molecule has 0 atom stereocenters. The minimum absolute atomic E-state index is 0.265. The van der Waals surface area contributed by atoms with Crippen LogP contribution in [0.1, 0.15) is 35.7 Å². The van der Waals surface area contributed by atoms with Crippen LogP contribution in [0.5, 0.6) is 11.5 Å². The number of nitrogens with one attached hydrogen (secondary N) is 2. The predicted octanol–water partition coefficient (Wildman–Crippen LogP) is 3.36. The van der Waals surface area contributed by atoms with Crippen LogP contribution in [0, 0.1) is 6.92 Å². The van der Waals surface area contributed by atoms with Gasteiger partial charge in [0.25, 0.3) is 0 Å². The number of carbonyl (C=O) groups excluding carboxylic acids is 1. The lowest BCUT2D eigenvalue weighted by Crippen LogP contribution is -2.30. The highest BCUT2D eigenvalue weighted by Crippen LogP contribution is 2.30. The fourth-order valence-electron chi connectivity index (χ4n) is 2.56. The summed E-state index contributed by atoms with van der Waals surface area (Å²) < 4.78 is 21.2. The number of hydrogen-bond donors (Lipinski definition) is 2. The summed E-state index contributed by atoms with van der Waals surface area (Å²) in [4.78, 5) is 16.2. The second-order valence-electron chi connectivity index (χ2n) is 5.79. The third kappa shape index (κ3) is 5.42. The minimum atomic E-state index is -0.428. The van der Waals surface area contributed by atoms with E-state index in [1.165, 1.54) is 7.11 Å². The van der Waals surface area contributed by atoms with Crippen molar-refractivity contribution in [3.8, 4) is 11.5 Å². The van der Waals surface area contributed by atoms with E-state index in [9.17, 15) is 4.79 Å². The van der Waals surface area contributed by atoms with E-state index < -0.39 is 5.97 Å². The van der Waals surface area contributed by atoms with Crippen LogP contribution in [0.25, 0.3) is 0 Å². The maximum absolute atomic E-state index is 11.7. The van der Waals surface area contributed by atoms with E-state index in [1.807, 2.05) is 32.0 Å². The lowest BCUT2D eigenvalue weighted by molar-refractivity contribution is 0.0599. The number of furan rings is 1. The van der Waals surface area contributed by atoms with Gasteiger partial charge in [-0.05, 0) is 39.0 Å². The van der Waals surface area contributed by atoms with Crippen molar-refractivity contribution in [3.63, 3.8) is 0 Å². The first-order valence-corrected chi connectivity index (χ1v) is 9.06. The predicted molar refractivity (Wildman–Crippen MR) is 107 cm³/mol. The van der Waals surface area contributed by atoms with Crippen molar-refractivity contribution in [2.45, 2.75) is 27.3 Å². The molecule has 2 rings (SSSR count). The van der Waals surface area contributed by atoms with Crippen LogP contribution in [0.4, 0.5) is 5.69 Å². The minimum Gasteiger partial charge on any atom is -0.493 e. The fourth-order valence-corrected chi connectivity index (χ4v) is 2.56. The number of carbonyl (C=O) groups is 1. The highest BCUT2D eigenvalue weighted by Gasteiger charge is 2.15. The molecule has 2 aromatic rings. The van der Waals surface area contributed by atoms with Gasteiger partial charge in [-0.15, -0.1) is 0 Å². The standard InChI is InChI=1S/C20H27N3O5/c1-6-21-20(22-12-15-11-16(13(3)28-15)19(24)26-5)23-14-8-9-17(27-7-2)18(10-14)25-4/h8-11H,6-7,12H2,1-5H3,(H2,21,22,23). The van der Waals surface area contributed by atoms with Gasteiger partial charge < -0.3 is 29.3 Å². The lowest BCUT2D eigenvalue weighted by Gasteiger charge is -2.14. The van der Waals surface area contributed by atoms with Crippen LogP contribution in [0.15, 0.2) is 33.7 Å². The van der Waals surface area contributed by atoms with Crippen LogP contribution in [-0.4, -0.2) is 39.3 Å². The maximum atomic E-state index is 11.7. The van der Waals surface area contributed by atoms with Crippen molar-refractivity contribution in [2.24, 2.45) is 4.99 Å². The van der Waals surface area contributed by atoms with Crippen molar-refractivity contribution >= 4 is 17.6 Å². The van der Waals surface area contributed by atoms with Gasteiger partial charge in [0.15, 0.2) is 17.5 Å². The van der Waals surface area contributed by atoms with E-state index in [0.717, 1.165) is 5.69 Å². The lowest BCUT2D eigenvalue weighted by atomic mass is 10.2. The molecule has 0 amide bonds. The highest BCUT2D eigenvalue weighted by molar-refractivity contribution is 5.94. The van der Waals surface area contributed by atoms with Gasteiger partial charge in [0, 0.05) is 18.3 Å². The second-order valence-corrected chi connectivity index (χ2v) is 5.79. The quantitative estimate of drug-likeness (QED) is 0.406. The van der Waals surface area contributed by atoms with Gasteiger partial charge in [-0.2, -0.15) is 0 Å². The smallest absolute Gasteiger partial charge is 0.341 e. The van der Waals surface area contributed by atoms with Crippen LogP contribution in [0.2, 0.25) is 0 Å². The van der Waals surface area contributed by atoms with Gasteiger partial charge in [-0.25, -0.2) is 9.79 Å². The van der Waals surface area contributed by atoms with Crippen molar-refractivity contribution in [2.75, 3.05) is 32.7 Å². The van der Waals surface area contributed by atoms with Crippen molar-refractivity contribution in [3.05, 3.63) is 41.3 Å². The number of aryl methyl sites for hydroxylation is 1. The Morgan fingerprint density at radius 1 is 1.18 bits per heavy atom. The monoisotopic (exact) mass is 389 g/mol. The summed E-state index contributed by atoms with van der Waals surface area (Å²) in [5.41, 5.74) is 1.20. The van der Waals surface area contributed by atoms with E-state index >= 15 is 0 Å². The third-order valence-electron chi connectivity index (χ3n) is 3.84. The molecule has 1 aromatic heterocycles. The number of esters is 1. The molecule has 0 saturated heterocycles. The molecule has 152 valence electrons. The van der Waals surface area contributed by atoms with E-state index in [4.69, 9.17) is 18.6 Å². The number of methoxy groups -OCH3 is 2. The van der Waals surface area contributed by atoms with Crippen LogP contribution >= 0.6 is 0 Å². The largest absolute Gasteiger partial charge is 0.493 e. The molecule has 0 aliphatic carbocycles. The average molecular weight is 389 g/mol. The molecule has 28 heavy (non-hydrogen) atoms. The number of rotatable bonds is 8. The number of benzene rings is 1. The van der Waals surface area contributed by atoms with Crippen LogP contribution in [-0.2, 0) is 11.3 Å². The summed E-state index contributed by atoms with van der Waals surface area (Å²) in [6, 6.07) is 7.21. The Kier molecular flexibility index (Phi) is 7.74. The molecule has 0 spiro atoms. The van der Waals surface area contributed by atoms with E-state index in [2.05, 4.69) is 15.6 Å². The van der Waals surface area contributed by atoms with Gasteiger partial charge in [0.2, 0.25) is 0 Å². The van der Waals surface area contributed by atoms with Crippen LogP contribution < -0.4 is 20.1 Å². The molecular formula is C20H27N3O5. The maximum Gasteiger partial charge on any atom is 0.341 e. The SMILES string of the molecule is CCNC(=NCc1cc(C(=O)OC)c(C)o1)Nc1ccc(OCC)c(OC)c1. The zero-order chi connectivity index (χ0) is 20.5. The molecular weight excluding hydrogens is 362 g/mol. The Hall–Kier alpha value is -3.16. The van der Waals surface area contributed by atoms with E-state index in [1.54, 1.807) is 20.1 Å². The van der Waals surface area contributed by atoms with Gasteiger partial charge in [-0.3, -0.25) is 0 Å². The Morgan fingerprint density at radius 2 is 1.96 bits per heavy atom. The molecule has 0 saturated carbocycles. The Morgan fingerprint density at radius 3 is 2.61 bits per heavy atom. The topological polar surface area (TPSA) is 94.3 Å². The number of anilines is 1. The molecule has 0 aliphatic rings. The summed E-state index contributed by atoms with van der Waals surface area (Å²) in [6.45, 7) is 7.12. The van der Waals surface area contributed by atoms with Gasteiger partial charge in [0.05, 0.1) is 20.8 Å². The van der Waals surface area contributed by atoms with Gasteiger partial charge in [0.1, 0.15) is 23.6 Å². The zero-order valence-electron chi connectivity index (χ0n) is 16.9. The van der Waals surface area contributed by atoms with E-state index in [-0.39, 0.29) is 6.54 Å². The zero-order valence-corrected chi connectivity index (χ0v) is 16.9. The molecule has 0 aliphatic heterocycles. The van der Waals surface area contributed by atoms with Gasteiger partial charge in [-0.1, -0.05) is 0 Å².